The third-order valence-electron chi connectivity index (χ3n) is 7.57. The molecular weight excluding hydrogens is 578 g/mol. The van der Waals surface area contributed by atoms with Gasteiger partial charge in [-0.3, -0.25) is 0 Å². The fraction of sp³-hybridized carbons (Fsp3) is 0.368. The molecule has 4 rings (SSSR count). The highest BCUT2D eigenvalue weighted by Crippen LogP contribution is 2.25. The summed E-state index contributed by atoms with van der Waals surface area (Å²) >= 11 is 0. The van der Waals surface area contributed by atoms with Gasteiger partial charge < -0.3 is 28.6 Å². The number of anilines is 1. The van der Waals surface area contributed by atoms with Crippen molar-refractivity contribution in [3.05, 3.63) is 120 Å². The first-order chi connectivity index (χ1) is 22.7. The maximum absolute atomic E-state index is 6.03. The summed E-state index contributed by atoms with van der Waals surface area (Å²) in [5.41, 5.74) is 6.51. The summed E-state index contributed by atoms with van der Waals surface area (Å²) in [7, 11) is 1.65. The first kappa shape index (κ1) is 34.8. The fourth-order valence-electron chi connectivity index (χ4n) is 4.81. The summed E-state index contributed by atoms with van der Waals surface area (Å²) in [5.74, 6) is 1.13. The summed E-state index contributed by atoms with van der Waals surface area (Å²) < 4.78 is 27.6. The van der Waals surface area contributed by atoms with Crippen LogP contribution in [0, 0.1) is 0 Å². The van der Waals surface area contributed by atoms with E-state index in [2.05, 4.69) is 95.7 Å². The van der Waals surface area contributed by atoms with E-state index < -0.39 is 0 Å². The van der Waals surface area contributed by atoms with E-state index >= 15 is 0 Å². The van der Waals surface area contributed by atoms with Gasteiger partial charge in [-0.25, -0.2) is 0 Å². The van der Waals surface area contributed by atoms with Gasteiger partial charge in [-0.05, 0) is 72.1 Å². The van der Waals surface area contributed by atoms with Crippen molar-refractivity contribution >= 4 is 17.1 Å². The number of likely N-dealkylation sites (N-methyl/N-ethyl adjacent to an activating group) is 1. The zero-order valence-electron chi connectivity index (χ0n) is 27.3. The summed E-state index contributed by atoms with van der Waals surface area (Å²) in [6.45, 7) is 10.6. The van der Waals surface area contributed by atoms with Crippen molar-refractivity contribution in [1.29, 1.82) is 0 Å². The molecule has 0 heterocycles. The SMILES string of the molecule is CCN(CCOCc1ccc(C(C)c2ccccc2)cc1)c1ccc(N=Nc2ccc(OCCOCCOCCOC)cc2)cc1. The maximum atomic E-state index is 6.03. The third-order valence-corrected chi connectivity index (χ3v) is 7.57. The summed E-state index contributed by atoms with van der Waals surface area (Å²) in [6.07, 6.45) is 0. The van der Waals surface area contributed by atoms with E-state index in [1.165, 1.54) is 16.7 Å². The Kier molecular flexibility index (Phi) is 15.2. The lowest BCUT2D eigenvalue weighted by Crippen LogP contribution is -2.26. The largest absolute Gasteiger partial charge is 0.491 e. The van der Waals surface area contributed by atoms with Crippen LogP contribution in [0.1, 0.15) is 36.5 Å². The Balaban J connectivity index is 1.14. The van der Waals surface area contributed by atoms with Crippen molar-refractivity contribution < 1.29 is 23.7 Å². The maximum Gasteiger partial charge on any atom is 0.119 e. The fourth-order valence-corrected chi connectivity index (χ4v) is 4.81. The van der Waals surface area contributed by atoms with Crippen LogP contribution in [-0.4, -0.2) is 66.4 Å². The highest BCUT2D eigenvalue weighted by molar-refractivity contribution is 5.53. The van der Waals surface area contributed by atoms with Crippen LogP contribution >= 0.6 is 0 Å². The first-order valence-corrected chi connectivity index (χ1v) is 16.0. The normalized spacial score (nSPS) is 12.0. The Hall–Kier alpha value is -4.08. The lowest BCUT2D eigenvalue weighted by atomic mass is 9.93. The van der Waals surface area contributed by atoms with Crippen molar-refractivity contribution in [2.45, 2.75) is 26.4 Å². The average molecular weight is 626 g/mol. The Morgan fingerprint density at radius 1 is 0.609 bits per heavy atom. The first-order valence-electron chi connectivity index (χ1n) is 16.0. The van der Waals surface area contributed by atoms with Gasteiger partial charge in [-0.15, -0.1) is 0 Å². The lowest BCUT2D eigenvalue weighted by Gasteiger charge is -2.23. The number of hydrogen-bond donors (Lipinski definition) is 0. The molecule has 0 saturated carbocycles. The van der Waals surface area contributed by atoms with Crippen molar-refractivity contribution in [3.63, 3.8) is 0 Å². The number of hydrogen-bond acceptors (Lipinski definition) is 8. The van der Waals surface area contributed by atoms with E-state index in [-0.39, 0.29) is 0 Å². The molecule has 8 nitrogen and oxygen atoms in total. The molecule has 244 valence electrons. The molecule has 4 aromatic rings. The van der Waals surface area contributed by atoms with Crippen LogP contribution < -0.4 is 9.64 Å². The average Bonchev–Trinajstić information content (AvgIpc) is 3.11. The zero-order chi connectivity index (χ0) is 32.2. The van der Waals surface area contributed by atoms with Crippen LogP contribution in [0.3, 0.4) is 0 Å². The van der Waals surface area contributed by atoms with E-state index in [4.69, 9.17) is 23.7 Å². The van der Waals surface area contributed by atoms with E-state index in [1.54, 1.807) is 7.11 Å². The van der Waals surface area contributed by atoms with Gasteiger partial charge in [0.05, 0.1) is 57.6 Å². The Morgan fingerprint density at radius 3 is 1.83 bits per heavy atom. The quantitative estimate of drug-likeness (QED) is 0.0684. The molecule has 0 saturated heterocycles. The van der Waals surface area contributed by atoms with Crippen LogP contribution in [-0.2, 0) is 25.6 Å². The Labute approximate surface area is 273 Å². The second-order valence-electron chi connectivity index (χ2n) is 10.8. The minimum absolute atomic E-state index is 0.369. The van der Waals surface area contributed by atoms with Crippen molar-refractivity contribution in [1.82, 2.24) is 0 Å². The van der Waals surface area contributed by atoms with Gasteiger partial charge in [-0.2, -0.15) is 10.2 Å². The molecular formula is C38H47N3O5. The smallest absolute Gasteiger partial charge is 0.119 e. The number of benzene rings is 4. The van der Waals surface area contributed by atoms with Crippen LogP contribution in [0.4, 0.5) is 17.1 Å². The standard InChI is InChI=1S/C38H47N3O5/c1-4-41(22-23-45-30-32-10-12-34(13-11-32)31(2)33-8-6-5-7-9-33)37-18-14-35(15-19-37)39-40-36-16-20-38(21-17-36)46-29-28-44-27-26-43-25-24-42-3/h5-21,31H,4,22-30H2,1-3H3. The molecule has 0 bridgehead atoms. The summed E-state index contributed by atoms with van der Waals surface area (Å²) in [4.78, 5) is 2.30. The van der Waals surface area contributed by atoms with Gasteiger partial charge in [-0.1, -0.05) is 61.5 Å². The molecule has 0 aliphatic carbocycles. The molecule has 0 spiro atoms. The molecule has 0 fully saturated rings. The molecule has 1 unspecified atom stereocenters. The van der Waals surface area contributed by atoms with Crippen molar-refractivity contribution in [3.8, 4) is 5.75 Å². The molecule has 0 amide bonds. The molecule has 8 heteroatoms. The van der Waals surface area contributed by atoms with Crippen LogP contribution in [0.15, 0.2) is 113 Å². The Bertz CT molecular complexity index is 1400. The number of ether oxygens (including phenoxy) is 5. The van der Waals surface area contributed by atoms with Gasteiger partial charge in [0.25, 0.3) is 0 Å². The van der Waals surface area contributed by atoms with Gasteiger partial charge in [0, 0.05) is 31.8 Å². The monoisotopic (exact) mass is 625 g/mol. The highest BCUT2D eigenvalue weighted by Gasteiger charge is 2.08. The van der Waals surface area contributed by atoms with Crippen molar-refractivity contribution in [2.75, 3.05) is 71.3 Å². The van der Waals surface area contributed by atoms with Crippen molar-refractivity contribution in [2.24, 2.45) is 10.2 Å². The summed E-state index contributed by atoms with van der Waals surface area (Å²) in [6, 6.07) is 35.0. The van der Waals surface area contributed by atoms with Crippen LogP contribution in [0.25, 0.3) is 0 Å². The lowest BCUT2D eigenvalue weighted by molar-refractivity contribution is 0.0180. The molecule has 0 N–H and O–H groups in total. The molecule has 0 aliphatic heterocycles. The minimum Gasteiger partial charge on any atom is -0.491 e. The van der Waals surface area contributed by atoms with Gasteiger partial charge in [0.1, 0.15) is 12.4 Å². The summed E-state index contributed by atoms with van der Waals surface area (Å²) in [5, 5.41) is 8.77. The molecule has 0 aromatic heterocycles. The van der Waals surface area contributed by atoms with Gasteiger partial charge in [0.2, 0.25) is 0 Å². The van der Waals surface area contributed by atoms with Crippen LogP contribution in [0.2, 0.25) is 0 Å². The Morgan fingerprint density at radius 2 is 1.20 bits per heavy atom. The van der Waals surface area contributed by atoms with E-state index in [9.17, 15) is 0 Å². The highest BCUT2D eigenvalue weighted by atomic mass is 16.6. The van der Waals surface area contributed by atoms with E-state index in [0.29, 0.717) is 58.8 Å². The minimum atomic E-state index is 0.369. The topological polar surface area (TPSA) is 74.1 Å². The predicted molar refractivity (Wildman–Crippen MR) is 184 cm³/mol. The number of methoxy groups -OCH3 is 1. The van der Waals surface area contributed by atoms with Crippen LogP contribution in [0.5, 0.6) is 5.75 Å². The van der Waals surface area contributed by atoms with E-state index in [0.717, 1.165) is 35.9 Å². The number of rotatable bonds is 21. The van der Waals surface area contributed by atoms with E-state index in [1.807, 2.05) is 36.4 Å². The number of nitrogens with zero attached hydrogens (tertiary/aromatic N) is 3. The predicted octanol–water partition coefficient (Wildman–Crippen LogP) is 8.36. The molecule has 4 aromatic carbocycles. The number of azo groups is 1. The molecule has 46 heavy (non-hydrogen) atoms. The third kappa shape index (κ3) is 12.0. The zero-order valence-corrected chi connectivity index (χ0v) is 27.3. The second-order valence-corrected chi connectivity index (χ2v) is 10.8. The molecule has 1 atom stereocenters. The van der Waals surface area contributed by atoms with Gasteiger partial charge in [0.15, 0.2) is 0 Å². The second kappa shape index (κ2) is 20.1. The van der Waals surface area contributed by atoms with Gasteiger partial charge >= 0.3 is 0 Å². The molecule has 0 aliphatic rings. The molecule has 0 radical (unpaired) electrons.